The Morgan fingerprint density at radius 1 is 1.00 bits per heavy atom. The van der Waals surface area contributed by atoms with E-state index in [-0.39, 0.29) is 25.8 Å². The summed E-state index contributed by atoms with van der Waals surface area (Å²) in [7, 11) is 0. The van der Waals surface area contributed by atoms with Crippen molar-refractivity contribution < 1.29 is 24.9 Å². The Labute approximate surface area is 150 Å². The van der Waals surface area contributed by atoms with Crippen LogP contribution in [0.2, 0.25) is 0 Å². The van der Waals surface area contributed by atoms with Crippen molar-refractivity contribution >= 4 is 5.97 Å². The molecule has 0 aromatic heterocycles. The fourth-order valence-corrected chi connectivity index (χ4v) is 2.55. The van der Waals surface area contributed by atoms with Gasteiger partial charge in [0.05, 0.1) is 19.8 Å². The van der Waals surface area contributed by atoms with Crippen LogP contribution in [0.1, 0.15) is 45.4 Å². The van der Waals surface area contributed by atoms with Crippen LogP contribution >= 0.6 is 0 Å². The molecule has 0 unspecified atom stereocenters. The van der Waals surface area contributed by atoms with Crippen LogP contribution in [0.4, 0.5) is 0 Å². The van der Waals surface area contributed by atoms with E-state index < -0.39 is 0 Å². The Hall–Kier alpha value is -1.69. The Morgan fingerprint density at radius 2 is 1.64 bits per heavy atom. The molecule has 0 aromatic rings. The Morgan fingerprint density at radius 3 is 2.24 bits per heavy atom. The summed E-state index contributed by atoms with van der Waals surface area (Å²) >= 11 is 0. The zero-order chi connectivity index (χ0) is 18.5. The number of hydrogen-bond donors (Lipinski definition) is 3. The molecule has 1 aliphatic heterocycles. The van der Waals surface area contributed by atoms with E-state index in [1.165, 1.54) is 5.57 Å². The second kappa shape index (κ2) is 12.6. The van der Waals surface area contributed by atoms with Gasteiger partial charge in [-0.05, 0) is 62.2 Å². The summed E-state index contributed by atoms with van der Waals surface area (Å²) in [6.45, 7) is 2.30. The van der Waals surface area contributed by atoms with Crippen LogP contribution in [0.15, 0.2) is 46.6 Å². The monoisotopic (exact) mass is 350 g/mol. The summed E-state index contributed by atoms with van der Waals surface area (Å²) in [5.41, 5.74) is 3.93. The molecule has 3 N–H and O–H groups in total. The molecule has 1 aliphatic rings. The van der Waals surface area contributed by atoms with Gasteiger partial charge in [0.15, 0.2) is 0 Å². The van der Waals surface area contributed by atoms with Crippen molar-refractivity contribution in [2.24, 2.45) is 0 Å². The number of rotatable bonds is 12. The summed E-state index contributed by atoms with van der Waals surface area (Å²) in [6.07, 6.45) is 12.6. The number of cyclic esters (lactones) is 1. The Kier molecular flexibility index (Phi) is 10.8. The summed E-state index contributed by atoms with van der Waals surface area (Å²) in [5.74, 6) is -0.239. The van der Waals surface area contributed by atoms with Gasteiger partial charge in [-0.25, -0.2) is 4.79 Å². The van der Waals surface area contributed by atoms with Crippen LogP contribution in [0.25, 0.3) is 0 Å². The van der Waals surface area contributed by atoms with Gasteiger partial charge in [-0.3, -0.25) is 0 Å². The molecule has 0 atom stereocenters. The minimum atomic E-state index is -0.239. The molecular formula is C20H30O5. The van der Waals surface area contributed by atoms with E-state index >= 15 is 0 Å². The van der Waals surface area contributed by atoms with Gasteiger partial charge in [0.2, 0.25) is 0 Å². The molecule has 0 aliphatic carbocycles. The molecule has 25 heavy (non-hydrogen) atoms. The van der Waals surface area contributed by atoms with Crippen LogP contribution in [0.5, 0.6) is 0 Å². The van der Waals surface area contributed by atoms with E-state index in [1.54, 1.807) is 6.08 Å². The Balaban J connectivity index is 2.30. The highest BCUT2D eigenvalue weighted by Gasteiger charge is 2.11. The van der Waals surface area contributed by atoms with Crippen molar-refractivity contribution in [3.8, 4) is 0 Å². The molecular weight excluding hydrogens is 320 g/mol. The van der Waals surface area contributed by atoms with Gasteiger partial charge < -0.3 is 20.1 Å². The summed E-state index contributed by atoms with van der Waals surface area (Å²) in [6, 6.07) is 0. The van der Waals surface area contributed by atoms with Gasteiger partial charge in [0.1, 0.15) is 6.61 Å². The average Bonchev–Trinajstić information content (AvgIpc) is 3.02. The minimum absolute atomic E-state index is 0.0341. The summed E-state index contributed by atoms with van der Waals surface area (Å²) < 4.78 is 4.87. The van der Waals surface area contributed by atoms with E-state index in [9.17, 15) is 9.90 Å². The molecule has 1 heterocycles. The first-order valence-corrected chi connectivity index (χ1v) is 8.79. The van der Waals surface area contributed by atoms with Crippen LogP contribution in [-0.2, 0) is 9.53 Å². The number of carbonyl (C=O) groups is 1. The first-order valence-electron chi connectivity index (χ1n) is 8.79. The molecule has 0 saturated carbocycles. The Bertz CT molecular complexity index is 534. The predicted octanol–water partition coefficient (Wildman–Crippen LogP) is 2.59. The molecule has 5 heteroatoms. The number of aliphatic hydroxyl groups is 3. The summed E-state index contributed by atoms with van der Waals surface area (Å²) in [4.78, 5) is 11.0. The molecule has 1 rings (SSSR count). The van der Waals surface area contributed by atoms with Crippen LogP contribution < -0.4 is 0 Å². The highest BCUT2D eigenvalue weighted by Crippen LogP contribution is 2.16. The van der Waals surface area contributed by atoms with E-state index in [0.717, 1.165) is 43.3 Å². The van der Waals surface area contributed by atoms with Gasteiger partial charge >= 0.3 is 5.97 Å². The van der Waals surface area contributed by atoms with Crippen molar-refractivity contribution in [2.45, 2.75) is 45.4 Å². The quantitative estimate of drug-likeness (QED) is 0.372. The van der Waals surface area contributed by atoms with Crippen LogP contribution in [0, 0.1) is 0 Å². The fraction of sp³-hybridized carbons (Fsp3) is 0.550. The first kappa shape index (κ1) is 21.4. The maximum absolute atomic E-state index is 11.0. The maximum atomic E-state index is 11.0. The third-order valence-electron chi connectivity index (χ3n) is 4.16. The molecule has 0 bridgehead atoms. The SMILES string of the molecule is CC(=CCCC1=CC(=O)OC1)CCC=C(CO)CCC=C(CO)CO. The number of carbonyl (C=O) groups excluding carboxylic acids is 1. The zero-order valence-corrected chi connectivity index (χ0v) is 15.0. The maximum Gasteiger partial charge on any atom is 0.331 e. The number of ether oxygens (including phenoxy) is 1. The molecule has 5 nitrogen and oxygen atoms in total. The predicted molar refractivity (Wildman–Crippen MR) is 97.9 cm³/mol. The van der Waals surface area contributed by atoms with E-state index in [4.69, 9.17) is 14.9 Å². The van der Waals surface area contributed by atoms with Crippen molar-refractivity contribution in [2.75, 3.05) is 26.4 Å². The number of hydrogen-bond acceptors (Lipinski definition) is 5. The molecule has 0 saturated heterocycles. The van der Waals surface area contributed by atoms with E-state index in [0.29, 0.717) is 18.6 Å². The molecule has 0 radical (unpaired) electrons. The van der Waals surface area contributed by atoms with Gasteiger partial charge in [-0.2, -0.15) is 0 Å². The molecule has 0 fully saturated rings. The topological polar surface area (TPSA) is 87.0 Å². The second-order valence-corrected chi connectivity index (χ2v) is 6.28. The third kappa shape index (κ3) is 9.39. The fourth-order valence-electron chi connectivity index (χ4n) is 2.55. The smallest absolute Gasteiger partial charge is 0.331 e. The lowest BCUT2D eigenvalue weighted by molar-refractivity contribution is -0.134. The normalized spacial score (nSPS) is 15.2. The zero-order valence-electron chi connectivity index (χ0n) is 15.0. The van der Waals surface area contributed by atoms with E-state index in [1.807, 2.05) is 6.08 Å². The van der Waals surface area contributed by atoms with Crippen LogP contribution in [-0.4, -0.2) is 47.7 Å². The second-order valence-electron chi connectivity index (χ2n) is 6.28. The highest BCUT2D eigenvalue weighted by atomic mass is 16.5. The highest BCUT2D eigenvalue weighted by molar-refractivity contribution is 5.85. The summed E-state index contributed by atoms with van der Waals surface area (Å²) in [5, 5.41) is 27.4. The molecule has 140 valence electrons. The largest absolute Gasteiger partial charge is 0.458 e. The number of aliphatic hydroxyl groups excluding tert-OH is 3. The van der Waals surface area contributed by atoms with Crippen LogP contribution in [0.3, 0.4) is 0 Å². The van der Waals surface area contributed by atoms with Gasteiger partial charge in [0, 0.05) is 6.08 Å². The van der Waals surface area contributed by atoms with Crippen molar-refractivity contribution in [1.82, 2.24) is 0 Å². The van der Waals surface area contributed by atoms with Crippen molar-refractivity contribution in [1.29, 1.82) is 0 Å². The lowest BCUT2D eigenvalue weighted by Crippen LogP contribution is -1.97. The molecule has 0 spiro atoms. The van der Waals surface area contributed by atoms with Gasteiger partial charge in [0.25, 0.3) is 0 Å². The van der Waals surface area contributed by atoms with Gasteiger partial charge in [-0.15, -0.1) is 0 Å². The number of allylic oxidation sites excluding steroid dienone is 4. The average molecular weight is 350 g/mol. The first-order chi connectivity index (χ1) is 12.1. The minimum Gasteiger partial charge on any atom is -0.458 e. The van der Waals surface area contributed by atoms with Crippen molar-refractivity contribution in [3.63, 3.8) is 0 Å². The standard InChI is InChI=1S/C20H30O5/c1-16(6-3-9-18-11-20(24)25-15-18)5-2-7-17(12-21)8-4-10-19(13-22)14-23/h6-7,10-11,21-23H,2-5,8-9,12-15H2,1H3. The van der Waals surface area contributed by atoms with E-state index in [2.05, 4.69) is 19.1 Å². The lowest BCUT2D eigenvalue weighted by Gasteiger charge is -2.05. The lowest BCUT2D eigenvalue weighted by atomic mass is 10.0. The van der Waals surface area contributed by atoms with Crippen molar-refractivity contribution in [3.05, 3.63) is 46.6 Å². The molecule has 0 aromatic carbocycles. The number of esters is 1. The molecule has 0 amide bonds. The third-order valence-corrected chi connectivity index (χ3v) is 4.16. The van der Waals surface area contributed by atoms with Gasteiger partial charge in [-0.1, -0.05) is 23.8 Å².